The number of anilines is 1. The van der Waals surface area contributed by atoms with E-state index < -0.39 is 5.91 Å². The Bertz CT molecular complexity index is 630. The molecule has 0 unspecified atom stereocenters. The van der Waals surface area contributed by atoms with Gasteiger partial charge in [0.25, 0.3) is 11.8 Å². The van der Waals surface area contributed by atoms with Gasteiger partial charge in [0.2, 0.25) is 0 Å². The van der Waals surface area contributed by atoms with E-state index in [1.165, 1.54) is 12.4 Å². The van der Waals surface area contributed by atoms with E-state index >= 15 is 0 Å². The molecule has 2 amide bonds. The minimum Gasteiger partial charge on any atom is -0.382 e. The van der Waals surface area contributed by atoms with E-state index in [1.807, 2.05) is 6.07 Å². The van der Waals surface area contributed by atoms with Gasteiger partial charge in [0.05, 0.1) is 0 Å². The lowest BCUT2D eigenvalue weighted by molar-refractivity contribution is 0.0925. The third-order valence-corrected chi connectivity index (χ3v) is 2.67. The van der Waals surface area contributed by atoms with E-state index in [9.17, 15) is 9.59 Å². The summed E-state index contributed by atoms with van der Waals surface area (Å²) in [5.74, 6) is -0.540. The molecule has 0 aliphatic rings. The predicted octanol–water partition coefficient (Wildman–Crippen LogP) is 0.219. The maximum Gasteiger partial charge on any atom is 0.273 e. The van der Waals surface area contributed by atoms with Crippen LogP contribution in [-0.4, -0.2) is 34.9 Å². The fourth-order valence-electron chi connectivity index (χ4n) is 1.65. The zero-order chi connectivity index (χ0) is 15.1. The molecule has 0 aliphatic heterocycles. The molecule has 0 saturated carbocycles. The van der Waals surface area contributed by atoms with Crippen molar-refractivity contribution < 1.29 is 9.59 Å². The minimum absolute atomic E-state index is 0.0725. The Labute approximate surface area is 121 Å². The molecule has 0 bridgehead atoms. The largest absolute Gasteiger partial charge is 0.382 e. The number of nitrogens with zero attached hydrogens (tertiary/aromatic N) is 2. The summed E-state index contributed by atoms with van der Waals surface area (Å²) in [6, 6.07) is 8.84. The molecule has 7 heteroatoms. The molecule has 0 spiro atoms. The quantitative estimate of drug-likeness (QED) is 0.681. The number of aromatic nitrogens is 2. The van der Waals surface area contributed by atoms with Crippen LogP contribution in [0.1, 0.15) is 20.8 Å². The number of rotatable bonds is 5. The first-order valence-electron chi connectivity index (χ1n) is 6.36. The Balaban J connectivity index is 1.76. The van der Waals surface area contributed by atoms with Crippen molar-refractivity contribution in [2.75, 3.05) is 18.8 Å². The Morgan fingerprint density at radius 2 is 1.57 bits per heavy atom. The number of amides is 2. The summed E-state index contributed by atoms with van der Waals surface area (Å²) in [6.45, 7) is 0.576. The number of hydrogen-bond donors (Lipinski definition) is 3. The molecule has 7 nitrogen and oxygen atoms in total. The highest BCUT2D eigenvalue weighted by Crippen LogP contribution is 2.01. The van der Waals surface area contributed by atoms with Crippen LogP contribution >= 0.6 is 0 Å². The molecule has 0 atom stereocenters. The molecule has 0 fully saturated rings. The van der Waals surface area contributed by atoms with E-state index in [4.69, 9.17) is 5.73 Å². The monoisotopic (exact) mass is 285 g/mol. The topological polar surface area (TPSA) is 110 Å². The number of carbonyl (C=O) groups excluding carboxylic acids is 2. The van der Waals surface area contributed by atoms with Gasteiger partial charge in [0, 0.05) is 31.0 Å². The van der Waals surface area contributed by atoms with Crippen LogP contribution in [0, 0.1) is 0 Å². The lowest BCUT2D eigenvalue weighted by Crippen LogP contribution is -2.35. The van der Waals surface area contributed by atoms with Gasteiger partial charge in [-0.2, -0.15) is 0 Å². The molecule has 2 aromatic rings. The molecule has 0 aliphatic carbocycles. The molecular formula is C14H15N5O2. The van der Waals surface area contributed by atoms with Crippen LogP contribution in [0.3, 0.4) is 0 Å². The van der Waals surface area contributed by atoms with Crippen molar-refractivity contribution in [2.24, 2.45) is 0 Å². The predicted molar refractivity (Wildman–Crippen MR) is 77.6 cm³/mol. The second-order valence-electron chi connectivity index (χ2n) is 4.17. The highest BCUT2D eigenvalue weighted by molar-refractivity contribution is 5.96. The molecule has 4 N–H and O–H groups in total. The van der Waals surface area contributed by atoms with Crippen molar-refractivity contribution in [2.45, 2.75) is 0 Å². The number of nitrogens with one attached hydrogen (secondary N) is 2. The fourth-order valence-corrected chi connectivity index (χ4v) is 1.65. The van der Waals surface area contributed by atoms with Crippen LogP contribution in [0.2, 0.25) is 0 Å². The van der Waals surface area contributed by atoms with Crippen LogP contribution in [-0.2, 0) is 0 Å². The van der Waals surface area contributed by atoms with E-state index in [0.29, 0.717) is 12.1 Å². The van der Waals surface area contributed by atoms with E-state index in [-0.39, 0.29) is 24.0 Å². The molecule has 0 radical (unpaired) electrons. The van der Waals surface area contributed by atoms with Gasteiger partial charge >= 0.3 is 0 Å². The van der Waals surface area contributed by atoms with E-state index in [0.717, 1.165) is 0 Å². The Kier molecular flexibility index (Phi) is 4.81. The van der Waals surface area contributed by atoms with Crippen molar-refractivity contribution in [3.63, 3.8) is 0 Å². The first kappa shape index (κ1) is 14.4. The first-order chi connectivity index (χ1) is 10.2. The number of carbonyl (C=O) groups is 2. The summed E-state index contributed by atoms with van der Waals surface area (Å²) >= 11 is 0. The van der Waals surface area contributed by atoms with Gasteiger partial charge < -0.3 is 16.4 Å². The lowest BCUT2D eigenvalue weighted by atomic mass is 10.2. The Morgan fingerprint density at radius 3 is 2.24 bits per heavy atom. The van der Waals surface area contributed by atoms with Gasteiger partial charge in [0.15, 0.2) is 11.5 Å². The fraction of sp³-hybridized carbons (Fsp3) is 0.143. The summed E-state index contributed by atoms with van der Waals surface area (Å²) in [5.41, 5.74) is 6.19. The van der Waals surface area contributed by atoms with Gasteiger partial charge in [-0.05, 0) is 12.1 Å². The summed E-state index contributed by atoms with van der Waals surface area (Å²) in [5, 5.41) is 5.31. The summed E-state index contributed by atoms with van der Waals surface area (Å²) < 4.78 is 0. The first-order valence-corrected chi connectivity index (χ1v) is 6.36. The van der Waals surface area contributed by atoms with Gasteiger partial charge in [-0.3, -0.25) is 9.59 Å². The maximum atomic E-state index is 11.8. The number of nitrogens with two attached hydrogens (primary N) is 1. The van der Waals surface area contributed by atoms with Crippen molar-refractivity contribution in [1.82, 2.24) is 20.6 Å². The van der Waals surface area contributed by atoms with Crippen molar-refractivity contribution in [3.05, 3.63) is 54.0 Å². The summed E-state index contributed by atoms with van der Waals surface area (Å²) in [6.07, 6.45) is 2.80. The zero-order valence-electron chi connectivity index (χ0n) is 11.2. The summed E-state index contributed by atoms with van der Waals surface area (Å²) in [4.78, 5) is 31.2. The van der Waals surface area contributed by atoms with E-state index in [2.05, 4.69) is 20.6 Å². The standard InChI is InChI=1S/C14H15N5O2/c15-12-11(16-6-7-17-12)14(21)19-9-8-18-13(20)10-4-2-1-3-5-10/h1-7H,8-9H2,(H2,15,17)(H,18,20)(H,19,21). The zero-order valence-corrected chi connectivity index (χ0v) is 11.2. The second kappa shape index (κ2) is 6.99. The number of hydrogen-bond acceptors (Lipinski definition) is 5. The highest BCUT2D eigenvalue weighted by Gasteiger charge is 2.11. The smallest absolute Gasteiger partial charge is 0.273 e. The summed E-state index contributed by atoms with van der Waals surface area (Å²) in [7, 11) is 0. The molecule has 108 valence electrons. The third-order valence-electron chi connectivity index (χ3n) is 2.67. The van der Waals surface area contributed by atoms with Crippen molar-refractivity contribution in [1.29, 1.82) is 0 Å². The number of nitrogen functional groups attached to an aromatic ring is 1. The highest BCUT2D eigenvalue weighted by atomic mass is 16.2. The average Bonchev–Trinajstić information content (AvgIpc) is 2.52. The molecular weight excluding hydrogens is 270 g/mol. The third kappa shape index (κ3) is 4.00. The number of benzene rings is 1. The molecule has 0 saturated heterocycles. The van der Waals surface area contributed by atoms with Gasteiger partial charge in [-0.25, -0.2) is 9.97 Å². The average molecular weight is 285 g/mol. The Hall–Kier alpha value is -2.96. The second-order valence-corrected chi connectivity index (χ2v) is 4.17. The van der Waals surface area contributed by atoms with Crippen LogP contribution in [0.5, 0.6) is 0 Å². The molecule has 1 aromatic heterocycles. The Morgan fingerprint density at radius 1 is 0.952 bits per heavy atom. The van der Waals surface area contributed by atoms with Gasteiger partial charge in [-0.15, -0.1) is 0 Å². The van der Waals surface area contributed by atoms with Crippen LogP contribution in [0.25, 0.3) is 0 Å². The van der Waals surface area contributed by atoms with E-state index in [1.54, 1.807) is 24.3 Å². The molecule has 1 heterocycles. The molecule has 1 aromatic carbocycles. The van der Waals surface area contributed by atoms with Crippen LogP contribution in [0.15, 0.2) is 42.7 Å². The van der Waals surface area contributed by atoms with Gasteiger partial charge in [0.1, 0.15) is 0 Å². The lowest BCUT2D eigenvalue weighted by Gasteiger charge is -2.07. The maximum absolute atomic E-state index is 11.8. The van der Waals surface area contributed by atoms with Crippen molar-refractivity contribution >= 4 is 17.6 Å². The van der Waals surface area contributed by atoms with Crippen LogP contribution < -0.4 is 16.4 Å². The van der Waals surface area contributed by atoms with Gasteiger partial charge in [-0.1, -0.05) is 18.2 Å². The van der Waals surface area contributed by atoms with Crippen molar-refractivity contribution in [3.8, 4) is 0 Å². The normalized spacial score (nSPS) is 9.90. The minimum atomic E-state index is -0.422. The molecule has 2 rings (SSSR count). The SMILES string of the molecule is Nc1nccnc1C(=O)NCCNC(=O)c1ccccc1. The molecule has 21 heavy (non-hydrogen) atoms. The van der Waals surface area contributed by atoms with Crippen LogP contribution in [0.4, 0.5) is 5.82 Å².